The van der Waals surface area contributed by atoms with Crippen LogP contribution in [0.5, 0.6) is 0 Å². The highest BCUT2D eigenvalue weighted by Gasteiger charge is 2.30. The average Bonchev–Trinajstić information content (AvgIpc) is 2.72. The predicted octanol–water partition coefficient (Wildman–Crippen LogP) is 3.70. The third kappa shape index (κ3) is 3.83. The van der Waals surface area contributed by atoms with E-state index in [1.807, 2.05) is 23.1 Å². The van der Waals surface area contributed by atoms with Crippen molar-refractivity contribution in [2.24, 2.45) is 0 Å². The van der Waals surface area contributed by atoms with E-state index in [1.165, 1.54) is 5.56 Å². The van der Waals surface area contributed by atoms with Crippen LogP contribution in [0, 0.1) is 5.21 Å². The van der Waals surface area contributed by atoms with Crippen LogP contribution >= 0.6 is 0 Å². The van der Waals surface area contributed by atoms with E-state index >= 15 is 0 Å². The molecular weight excluding hydrogens is 350 g/mol. The number of benzene rings is 2. The molecule has 0 radical (unpaired) electrons. The average molecular weight is 380 g/mol. The molecule has 4 rings (SSSR count). The van der Waals surface area contributed by atoms with Gasteiger partial charge >= 0.3 is 0 Å². The summed E-state index contributed by atoms with van der Waals surface area (Å²) in [5.74, 6) is 0.197. The Hall–Kier alpha value is -2.21. The Bertz CT molecular complexity index is 829. The highest BCUT2D eigenvalue weighted by Crippen LogP contribution is 2.34. The third-order valence-electron chi connectivity index (χ3n) is 5.98. The van der Waals surface area contributed by atoms with Crippen LogP contribution in [-0.4, -0.2) is 43.5 Å². The maximum Gasteiger partial charge on any atom is 0.227 e. The van der Waals surface area contributed by atoms with Crippen LogP contribution in [0.3, 0.4) is 0 Å². The number of piperazine rings is 1. The van der Waals surface area contributed by atoms with E-state index in [4.69, 9.17) is 0 Å². The molecule has 0 aromatic heterocycles. The number of hydrogen-bond donors (Lipinski definition) is 0. The summed E-state index contributed by atoms with van der Waals surface area (Å²) in [7, 11) is 0. The molecule has 2 aromatic rings. The number of rotatable bonds is 5. The fraction of sp³-hybridized carbons (Fsp3) is 0.435. The first-order valence-electron chi connectivity index (χ1n) is 10.4. The zero-order valence-corrected chi connectivity index (χ0v) is 16.6. The molecule has 0 spiro atoms. The Morgan fingerprint density at radius 3 is 2.50 bits per heavy atom. The quantitative estimate of drug-likeness (QED) is 0.588. The van der Waals surface area contributed by atoms with Gasteiger partial charge in [0.05, 0.1) is 13.1 Å². The first-order valence-corrected chi connectivity index (χ1v) is 10.4. The van der Waals surface area contributed by atoms with Gasteiger partial charge < -0.3 is 14.8 Å². The molecule has 1 amide bonds. The standard InChI is InChI=1S/C23H29N3O2/c1-2-12-25-22-10-9-21(17-20(22)8-11-23(25)27)26(28)15-13-24(14-16-26)18-19-6-4-3-5-7-19/h3-7,9-10,17H,2,8,11-16,18H2,1H3. The molecule has 0 unspecified atom stereocenters. The van der Waals surface area contributed by atoms with Crippen LogP contribution in [0.4, 0.5) is 11.4 Å². The minimum absolute atomic E-state index is 0.197. The number of carbonyl (C=O) groups is 1. The van der Waals surface area contributed by atoms with Gasteiger partial charge in [0.2, 0.25) is 5.91 Å². The van der Waals surface area contributed by atoms with Crippen LogP contribution in [0.2, 0.25) is 0 Å². The van der Waals surface area contributed by atoms with E-state index < -0.39 is 0 Å². The number of amides is 1. The summed E-state index contributed by atoms with van der Waals surface area (Å²) in [6, 6.07) is 16.4. The van der Waals surface area contributed by atoms with Crippen LogP contribution < -0.4 is 9.55 Å². The molecule has 28 heavy (non-hydrogen) atoms. The maximum absolute atomic E-state index is 13.5. The second kappa shape index (κ2) is 8.03. The highest BCUT2D eigenvalue weighted by molar-refractivity contribution is 5.96. The lowest BCUT2D eigenvalue weighted by Crippen LogP contribution is -2.56. The molecular formula is C23H29N3O2. The van der Waals surface area contributed by atoms with Gasteiger partial charge in [0, 0.05) is 50.4 Å². The molecule has 5 nitrogen and oxygen atoms in total. The van der Waals surface area contributed by atoms with Crippen molar-refractivity contribution in [1.82, 2.24) is 9.55 Å². The first kappa shape index (κ1) is 19.1. The van der Waals surface area contributed by atoms with Crippen LogP contribution in [-0.2, 0) is 17.8 Å². The predicted molar refractivity (Wildman–Crippen MR) is 114 cm³/mol. The normalized spacial score (nSPS) is 19.5. The summed E-state index contributed by atoms with van der Waals surface area (Å²) < 4.78 is -0.264. The van der Waals surface area contributed by atoms with Crippen molar-refractivity contribution >= 4 is 17.3 Å². The van der Waals surface area contributed by atoms with Gasteiger partial charge in [0.15, 0.2) is 0 Å². The van der Waals surface area contributed by atoms with E-state index in [1.54, 1.807) is 0 Å². The second-order valence-corrected chi connectivity index (χ2v) is 7.96. The molecule has 0 atom stereocenters. The molecule has 148 valence electrons. The van der Waals surface area contributed by atoms with Crippen LogP contribution in [0.1, 0.15) is 30.9 Å². The summed E-state index contributed by atoms with van der Waals surface area (Å²) in [5.41, 5.74) is 4.27. The van der Waals surface area contributed by atoms with Crippen LogP contribution in [0.25, 0.3) is 0 Å². The summed E-state index contributed by atoms with van der Waals surface area (Å²) in [6.07, 6.45) is 2.22. The number of hydrogen-bond acceptors (Lipinski definition) is 3. The number of anilines is 1. The monoisotopic (exact) mass is 379 g/mol. The highest BCUT2D eigenvalue weighted by atomic mass is 16.5. The minimum Gasteiger partial charge on any atom is -0.627 e. The molecule has 2 heterocycles. The lowest BCUT2D eigenvalue weighted by atomic mass is 9.99. The van der Waals surface area contributed by atoms with Crippen molar-refractivity contribution < 1.29 is 4.79 Å². The summed E-state index contributed by atoms with van der Waals surface area (Å²) in [6.45, 7) is 6.48. The second-order valence-electron chi connectivity index (χ2n) is 7.96. The van der Waals surface area contributed by atoms with Gasteiger partial charge in [-0.2, -0.15) is 0 Å². The molecule has 2 aromatic carbocycles. The van der Waals surface area contributed by atoms with Gasteiger partial charge in [-0.05, 0) is 30.0 Å². The maximum atomic E-state index is 13.5. The molecule has 1 fully saturated rings. The molecule has 1 saturated heterocycles. The van der Waals surface area contributed by atoms with E-state index in [9.17, 15) is 10.0 Å². The van der Waals surface area contributed by atoms with Crippen molar-refractivity contribution in [3.8, 4) is 0 Å². The van der Waals surface area contributed by atoms with Gasteiger partial charge in [-0.1, -0.05) is 37.3 Å². The van der Waals surface area contributed by atoms with E-state index in [-0.39, 0.29) is 10.6 Å². The Morgan fingerprint density at radius 2 is 1.79 bits per heavy atom. The molecule has 2 aliphatic rings. The van der Waals surface area contributed by atoms with Gasteiger partial charge in [0.1, 0.15) is 5.69 Å². The Kier molecular flexibility index (Phi) is 5.49. The van der Waals surface area contributed by atoms with Gasteiger partial charge in [-0.15, -0.1) is 0 Å². The number of hydroxylamine groups is 2. The fourth-order valence-corrected chi connectivity index (χ4v) is 4.36. The lowest BCUT2D eigenvalue weighted by molar-refractivity contribution is -0.118. The number of nitrogens with zero attached hydrogens (tertiary/aromatic N) is 3. The molecule has 2 aliphatic heterocycles. The largest absolute Gasteiger partial charge is 0.627 e. The van der Waals surface area contributed by atoms with Crippen molar-refractivity contribution in [1.29, 1.82) is 0 Å². The fourth-order valence-electron chi connectivity index (χ4n) is 4.36. The smallest absolute Gasteiger partial charge is 0.227 e. The van der Waals surface area contributed by atoms with E-state index in [2.05, 4.69) is 42.2 Å². The number of aryl methyl sites for hydroxylation is 1. The summed E-state index contributed by atoms with van der Waals surface area (Å²) in [5, 5.41) is 13.5. The van der Waals surface area contributed by atoms with E-state index in [0.717, 1.165) is 56.0 Å². The minimum atomic E-state index is -0.264. The van der Waals surface area contributed by atoms with Gasteiger partial charge in [-0.3, -0.25) is 9.69 Å². The number of fused-ring (bicyclic) bond motifs is 1. The summed E-state index contributed by atoms with van der Waals surface area (Å²) >= 11 is 0. The first-order chi connectivity index (χ1) is 13.6. The topological polar surface area (TPSA) is 46.6 Å². The Morgan fingerprint density at radius 1 is 1.04 bits per heavy atom. The third-order valence-corrected chi connectivity index (χ3v) is 5.98. The Labute approximate surface area is 167 Å². The van der Waals surface area contributed by atoms with Crippen molar-refractivity contribution in [2.45, 2.75) is 32.7 Å². The lowest BCUT2D eigenvalue weighted by Gasteiger charge is -2.48. The van der Waals surface area contributed by atoms with Crippen LogP contribution in [0.15, 0.2) is 48.5 Å². The van der Waals surface area contributed by atoms with Crippen molar-refractivity contribution in [3.05, 3.63) is 64.9 Å². The summed E-state index contributed by atoms with van der Waals surface area (Å²) in [4.78, 5) is 16.5. The SMILES string of the molecule is CCCN1C(=O)CCc2cc([N+]3([O-])CCN(Cc4ccccc4)CC3)ccc21. The molecule has 5 heteroatoms. The molecule has 0 N–H and O–H groups in total. The Balaban J connectivity index is 1.47. The number of quaternary nitrogens is 1. The zero-order valence-electron chi connectivity index (χ0n) is 16.6. The van der Waals surface area contributed by atoms with E-state index in [0.29, 0.717) is 19.5 Å². The zero-order chi connectivity index (χ0) is 19.6. The van der Waals surface area contributed by atoms with Gasteiger partial charge in [-0.25, -0.2) is 0 Å². The molecule has 0 bridgehead atoms. The van der Waals surface area contributed by atoms with Crippen molar-refractivity contribution in [2.75, 3.05) is 37.6 Å². The number of carbonyl (C=O) groups excluding carboxylic acids is 1. The van der Waals surface area contributed by atoms with Crippen molar-refractivity contribution in [3.63, 3.8) is 0 Å². The molecule has 0 aliphatic carbocycles. The molecule has 0 saturated carbocycles. The van der Waals surface area contributed by atoms with Gasteiger partial charge in [0.25, 0.3) is 0 Å².